The third-order valence-corrected chi connectivity index (χ3v) is 3.82. The Kier molecular flexibility index (Phi) is 5.34. The summed E-state index contributed by atoms with van der Waals surface area (Å²) in [6, 6.07) is 4.00. The maximum Gasteiger partial charge on any atom is 0.180 e. The third-order valence-electron chi connectivity index (χ3n) is 3.54. The molecule has 0 aliphatic heterocycles. The van der Waals surface area contributed by atoms with Crippen LogP contribution in [-0.4, -0.2) is 26.8 Å². The first-order valence-electron chi connectivity index (χ1n) is 6.92. The Bertz CT molecular complexity index is 417. The van der Waals surface area contributed by atoms with Crippen LogP contribution in [0, 0.1) is 0 Å². The maximum atomic E-state index is 6.35. The normalized spacial score (nSPS) is 15.7. The Morgan fingerprint density at radius 1 is 1.32 bits per heavy atom. The monoisotopic (exact) mass is 283 g/mol. The lowest BCUT2D eigenvalue weighted by Crippen LogP contribution is -2.13. The van der Waals surface area contributed by atoms with Gasteiger partial charge in [0.25, 0.3) is 0 Å². The zero-order valence-electron chi connectivity index (χ0n) is 11.7. The minimum atomic E-state index is 0.287. The zero-order chi connectivity index (χ0) is 13.7. The van der Waals surface area contributed by atoms with E-state index in [2.05, 4.69) is 5.32 Å². The summed E-state index contributed by atoms with van der Waals surface area (Å²) in [7, 11) is 3.60. The third kappa shape index (κ3) is 3.77. The van der Waals surface area contributed by atoms with Gasteiger partial charge in [-0.05, 0) is 63.4 Å². The zero-order valence-corrected chi connectivity index (χ0v) is 12.4. The highest BCUT2D eigenvalue weighted by atomic mass is 35.5. The van der Waals surface area contributed by atoms with Crippen LogP contribution in [0.5, 0.6) is 11.5 Å². The van der Waals surface area contributed by atoms with Crippen LogP contribution in [0.3, 0.4) is 0 Å². The smallest absolute Gasteiger partial charge is 0.180 e. The molecule has 1 aromatic rings. The van der Waals surface area contributed by atoms with Crippen molar-refractivity contribution in [2.24, 2.45) is 0 Å². The van der Waals surface area contributed by atoms with E-state index in [1.54, 1.807) is 7.11 Å². The van der Waals surface area contributed by atoms with E-state index in [4.69, 9.17) is 21.1 Å². The van der Waals surface area contributed by atoms with Gasteiger partial charge in [0, 0.05) is 0 Å². The average molecular weight is 284 g/mol. The van der Waals surface area contributed by atoms with Gasteiger partial charge in [-0.25, -0.2) is 0 Å². The molecule has 1 fully saturated rings. The van der Waals surface area contributed by atoms with Gasteiger partial charge in [-0.3, -0.25) is 0 Å². The Hall–Kier alpha value is -0.930. The van der Waals surface area contributed by atoms with Crippen molar-refractivity contribution in [2.75, 3.05) is 20.7 Å². The predicted molar refractivity (Wildman–Crippen MR) is 78.5 cm³/mol. The van der Waals surface area contributed by atoms with Gasteiger partial charge in [-0.2, -0.15) is 0 Å². The standard InChI is InChI=1S/C15H22ClNO2/c1-17-8-7-11-9-13(16)15(14(10-11)18-2)19-12-5-3-4-6-12/h9-10,12,17H,3-8H2,1-2H3. The average Bonchev–Trinajstić information content (AvgIpc) is 2.91. The number of rotatable bonds is 6. The Balaban J connectivity index is 2.16. The van der Waals surface area contributed by atoms with Crippen molar-refractivity contribution >= 4 is 11.6 Å². The molecule has 0 aromatic heterocycles. The minimum Gasteiger partial charge on any atom is -0.493 e. The molecule has 0 unspecified atom stereocenters. The van der Waals surface area contributed by atoms with E-state index < -0.39 is 0 Å². The predicted octanol–water partition coefficient (Wildman–Crippen LogP) is 3.43. The number of hydrogen-bond donors (Lipinski definition) is 1. The molecule has 1 aliphatic carbocycles. The lowest BCUT2D eigenvalue weighted by Gasteiger charge is -2.18. The summed E-state index contributed by atoms with van der Waals surface area (Å²) in [5, 5.41) is 3.78. The molecule has 3 nitrogen and oxygen atoms in total. The molecule has 0 saturated heterocycles. The van der Waals surface area contributed by atoms with E-state index in [0.29, 0.717) is 10.8 Å². The molecular formula is C15H22ClNO2. The molecule has 0 bridgehead atoms. The summed E-state index contributed by atoms with van der Waals surface area (Å²) >= 11 is 6.35. The molecule has 2 rings (SSSR count). The van der Waals surface area contributed by atoms with Gasteiger partial charge < -0.3 is 14.8 Å². The number of likely N-dealkylation sites (N-methyl/N-ethyl adjacent to an activating group) is 1. The fraction of sp³-hybridized carbons (Fsp3) is 0.600. The quantitative estimate of drug-likeness (QED) is 0.868. The van der Waals surface area contributed by atoms with Crippen molar-refractivity contribution in [1.29, 1.82) is 0 Å². The summed E-state index contributed by atoms with van der Waals surface area (Å²) < 4.78 is 11.4. The van der Waals surface area contributed by atoms with Gasteiger partial charge in [0.15, 0.2) is 11.5 Å². The van der Waals surface area contributed by atoms with Crippen molar-refractivity contribution < 1.29 is 9.47 Å². The lowest BCUT2D eigenvalue weighted by atomic mass is 10.1. The molecule has 1 saturated carbocycles. The highest BCUT2D eigenvalue weighted by molar-refractivity contribution is 6.32. The largest absolute Gasteiger partial charge is 0.493 e. The summed E-state index contributed by atoms with van der Waals surface area (Å²) in [5.41, 5.74) is 1.16. The van der Waals surface area contributed by atoms with Gasteiger partial charge in [0.2, 0.25) is 0 Å². The van der Waals surface area contributed by atoms with Crippen LogP contribution in [-0.2, 0) is 6.42 Å². The second kappa shape index (κ2) is 7.01. The van der Waals surface area contributed by atoms with Gasteiger partial charge >= 0.3 is 0 Å². The second-order valence-electron chi connectivity index (χ2n) is 4.99. The first-order chi connectivity index (χ1) is 9.24. The van der Waals surface area contributed by atoms with E-state index in [1.807, 2.05) is 19.2 Å². The van der Waals surface area contributed by atoms with Crippen LogP contribution >= 0.6 is 11.6 Å². The Morgan fingerprint density at radius 3 is 2.68 bits per heavy atom. The molecular weight excluding hydrogens is 262 g/mol. The number of hydrogen-bond acceptors (Lipinski definition) is 3. The van der Waals surface area contributed by atoms with E-state index in [1.165, 1.54) is 12.8 Å². The molecule has 1 aromatic carbocycles. The number of methoxy groups -OCH3 is 1. The topological polar surface area (TPSA) is 30.5 Å². The van der Waals surface area contributed by atoms with Crippen LogP contribution in [0.25, 0.3) is 0 Å². The molecule has 19 heavy (non-hydrogen) atoms. The number of ether oxygens (including phenoxy) is 2. The second-order valence-corrected chi connectivity index (χ2v) is 5.39. The molecule has 106 valence electrons. The first-order valence-corrected chi connectivity index (χ1v) is 7.30. The number of benzene rings is 1. The Labute approximate surface area is 120 Å². The molecule has 0 radical (unpaired) electrons. The summed E-state index contributed by atoms with van der Waals surface area (Å²) in [5.74, 6) is 1.44. The van der Waals surface area contributed by atoms with E-state index in [9.17, 15) is 0 Å². The summed E-state index contributed by atoms with van der Waals surface area (Å²) in [4.78, 5) is 0. The highest BCUT2D eigenvalue weighted by Gasteiger charge is 2.20. The van der Waals surface area contributed by atoms with Crippen molar-refractivity contribution in [3.05, 3.63) is 22.7 Å². The minimum absolute atomic E-state index is 0.287. The molecule has 4 heteroatoms. The molecule has 0 heterocycles. The van der Waals surface area contributed by atoms with Crippen LogP contribution in [0.2, 0.25) is 5.02 Å². The summed E-state index contributed by atoms with van der Waals surface area (Å²) in [6.07, 6.45) is 5.92. The van der Waals surface area contributed by atoms with E-state index >= 15 is 0 Å². The SMILES string of the molecule is CNCCc1cc(Cl)c(OC2CCCC2)c(OC)c1. The van der Waals surface area contributed by atoms with Crippen molar-refractivity contribution in [1.82, 2.24) is 5.32 Å². The van der Waals surface area contributed by atoms with Crippen molar-refractivity contribution in [2.45, 2.75) is 38.2 Å². The molecule has 0 amide bonds. The van der Waals surface area contributed by atoms with Crippen LogP contribution in [0.4, 0.5) is 0 Å². The first kappa shape index (κ1) is 14.5. The van der Waals surface area contributed by atoms with Crippen LogP contribution < -0.4 is 14.8 Å². The van der Waals surface area contributed by atoms with Gasteiger partial charge in [-0.15, -0.1) is 0 Å². The maximum absolute atomic E-state index is 6.35. The van der Waals surface area contributed by atoms with Gasteiger partial charge in [0.1, 0.15) is 0 Å². The highest BCUT2D eigenvalue weighted by Crippen LogP contribution is 2.39. The Morgan fingerprint density at radius 2 is 2.05 bits per heavy atom. The molecule has 1 N–H and O–H groups in total. The van der Waals surface area contributed by atoms with Crippen LogP contribution in [0.15, 0.2) is 12.1 Å². The van der Waals surface area contributed by atoms with Crippen LogP contribution in [0.1, 0.15) is 31.2 Å². The van der Waals surface area contributed by atoms with E-state index in [0.717, 1.165) is 37.1 Å². The number of nitrogens with one attached hydrogen (secondary N) is 1. The molecule has 1 aliphatic rings. The lowest BCUT2D eigenvalue weighted by molar-refractivity contribution is 0.201. The summed E-state index contributed by atoms with van der Waals surface area (Å²) in [6.45, 7) is 0.919. The number of halogens is 1. The van der Waals surface area contributed by atoms with Gasteiger partial charge in [-0.1, -0.05) is 11.6 Å². The molecule has 0 atom stereocenters. The van der Waals surface area contributed by atoms with E-state index in [-0.39, 0.29) is 6.10 Å². The van der Waals surface area contributed by atoms with Crippen molar-refractivity contribution in [3.8, 4) is 11.5 Å². The fourth-order valence-corrected chi connectivity index (χ4v) is 2.75. The van der Waals surface area contributed by atoms with Crippen molar-refractivity contribution in [3.63, 3.8) is 0 Å². The fourth-order valence-electron chi connectivity index (χ4n) is 2.47. The molecule has 0 spiro atoms. The van der Waals surface area contributed by atoms with Gasteiger partial charge in [0.05, 0.1) is 18.2 Å².